The van der Waals surface area contributed by atoms with Crippen molar-refractivity contribution in [2.75, 3.05) is 19.7 Å². The number of carbonyl (C=O) groups excluding carboxylic acids is 1. The smallest absolute Gasteiger partial charge is 0.410 e. The number of hydrogen-bond donors (Lipinski definition) is 1. The zero-order chi connectivity index (χ0) is 26.6. The SMILES string of the molecule is Cc1oc(-c2ccccc2)nc1CCOc1ccc(C2=C(CC(=O)O)CN(C(=O)OC(C)(C)C)C2)cc1. The molecule has 4 rings (SSSR count). The van der Waals surface area contributed by atoms with Crippen LogP contribution in [-0.2, 0) is 16.0 Å². The molecule has 0 atom stereocenters. The van der Waals surface area contributed by atoms with Crippen LogP contribution >= 0.6 is 0 Å². The van der Waals surface area contributed by atoms with Gasteiger partial charge in [-0.3, -0.25) is 9.69 Å². The van der Waals surface area contributed by atoms with E-state index in [2.05, 4.69) is 4.98 Å². The van der Waals surface area contributed by atoms with Gasteiger partial charge in [0.1, 0.15) is 17.1 Å². The highest BCUT2D eigenvalue weighted by molar-refractivity contribution is 5.83. The number of benzene rings is 2. The number of oxazole rings is 1. The molecule has 0 fully saturated rings. The molecule has 2 heterocycles. The monoisotopic (exact) mass is 504 g/mol. The third-order valence-electron chi connectivity index (χ3n) is 5.90. The summed E-state index contributed by atoms with van der Waals surface area (Å²) in [6, 6.07) is 17.2. The minimum absolute atomic E-state index is 0.130. The standard InChI is InChI=1S/C29H32N2O6/c1-19-25(30-27(36-19)21-8-6-5-7-9-21)14-15-35-23-12-10-20(11-13-23)24-18-31(17-22(24)16-26(32)33)28(34)37-29(2,3)4/h5-13H,14-18H2,1-4H3,(H,32,33). The van der Waals surface area contributed by atoms with Crippen LogP contribution < -0.4 is 4.74 Å². The summed E-state index contributed by atoms with van der Waals surface area (Å²) in [6.45, 7) is 8.27. The molecule has 8 nitrogen and oxygen atoms in total. The number of nitrogens with zero attached hydrogens (tertiary/aromatic N) is 2. The van der Waals surface area contributed by atoms with Gasteiger partial charge in [0.25, 0.3) is 0 Å². The second-order valence-corrected chi connectivity index (χ2v) is 10.00. The summed E-state index contributed by atoms with van der Waals surface area (Å²) >= 11 is 0. The first-order valence-electron chi connectivity index (χ1n) is 12.2. The van der Waals surface area contributed by atoms with E-state index in [1.165, 1.54) is 4.90 Å². The Labute approximate surface area is 216 Å². The molecule has 1 N–H and O–H groups in total. The fraction of sp³-hybridized carbons (Fsp3) is 0.345. The van der Waals surface area contributed by atoms with Gasteiger partial charge in [-0.05, 0) is 68.7 Å². The lowest BCUT2D eigenvalue weighted by Crippen LogP contribution is -2.35. The number of aryl methyl sites for hydroxylation is 1. The second-order valence-electron chi connectivity index (χ2n) is 10.00. The summed E-state index contributed by atoms with van der Waals surface area (Å²) in [5.74, 6) is 1.12. The maximum absolute atomic E-state index is 12.6. The third-order valence-corrected chi connectivity index (χ3v) is 5.90. The Kier molecular flexibility index (Phi) is 7.66. The molecule has 0 saturated heterocycles. The van der Waals surface area contributed by atoms with Crippen LogP contribution in [0.25, 0.3) is 17.0 Å². The summed E-state index contributed by atoms with van der Waals surface area (Å²) in [5, 5.41) is 9.37. The minimum Gasteiger partial charge on any atom is -0.493 e. The molecule has 37 heavy (non-hydrogen) atoms. The molecule has 1 aliphatic heterocycles. The topological polar surface area (TPSA) is 102 Å². The van der Waals surface area contributed by atoms with Gasteiger partial charge in [-0.1, -0.05) is 30.3 Å². The van der Waals surface area contributed by atoms with Gasteiger partial charge in [-0.15, -0.1) is 0 Å². The van der Waals surface area contributed by atoms with Gasteiger partial charge in [0.2, 0.25) is 5.89 Å². The first-order valence-corrected chi connectivity index (χ1v) is 12.2. The van der Waals surface area contributed by atoms with Gasteiger partial charge >= 0.3 is 12.1 Å². The molecule has 0 aliphatic carbocycles. The van der Waals surface area contributed by atoms with E-state index in [0.29, 0.717) is 36.8 Å². The van der Waals surface area contributed by atoms with Crippen molar-refractivity contribution in [2.45, 2.75) is 46.1 Å². The lowest BCUT2D eigenvalue weighted by Gasteiger charge is -2.24. The van der Waals surface area contributed by atoms with E-state index in [1.54, 1.807) is 20.8 Å². The molecule has 0 bridgehead atoms. The van der Waals surface area contributed by atoms with E-state index < -0.39 is 17.7 Å². The highest BCUT2D eigenvalue weighted by Gasteiger charge is 2.30. The lowest BCUT2D eigenvalue weighted by atomic mass is 10.0. The van der Waals surface area contributed by atoms with Crippen molar-refractivity contribution in [1.29, 1.82) is 0 Å². The molecule has 1 aliphatic rings. The fourth-order valence-corrected chi connectivity index (χ4v) is 4.16. The molecular formula is C29H32N2O6. The fourth-order valence-electron chi connectivity index (χ4n) is 4.16. The predicted octanol–water partition coefficient (Wildman–Crippen LogP) is 5.75. The van der Waals surface area contributed by atoms with Crippen molar-refractivity contribution in [3.05, 3.63) is 77.2 Å². The van der Waals surface area contributed by atoms with E-state index in [9.17, 15) is 14.7 Å². The number of rotatable bonds is 8. The third kappa shape index (κ3) is 6.78. The van der Waals surface area contributed by atoms with E-state index in [-0.39, 0.29) is 13.0 Å². The van der Waals surface area contributed by atoms with Crippen LogP contribution in [0.4, 0.5) is 4.79 Å². The van der Waals surface area contributed by atoms with Gasteiger partial charge < -0.3 is 19.0 Å². The quantitative estimate of drug-likeness (QED) is 0.417. The molecular weight excluding hydrogens is 472 g/mol. The van der Waals surface area contributed by atoms with E-state index in [1.807, 2.05) is 61.5 Å². The Hall–Kier alpha value is -4.07. The molecule has 0 radical (unpaired) electrons. The van der Waals surface area contributed by atoms with Crippen LogP contribution in [0.5, 0.6) is 5.75 Å². The van der Waals surface area contributed by atoms with Crippen LogP contribution in [-0.4, -0.2) is 52.4 Å². The lowest BCUT2D eigenvalue weighted by molar-refractivity contribution is -0.136. The second kappa shape index (κ2) is 10.9. The van der Waals surface area contributed by atoms with Gasteiger partial charge in [0.15, 0.2) is 0 Å². The Morgan fingerprint density at radius 2 is 1.73 bits per heavy atom. The average molecular weight is 505 g/mol. The van der Waals surface area contributed by atoms with Crippen molar-refractivity contribution in [2.24, 2.45) is 0 Å². The maximum atomic E-state index is 12.6. The zero-order valence-electron chi connectivity index (χ0n) is 21.6. The number of aromatic nitrogens is 1. The summed E-state index contributed by atoms with van der Waals surface area (Å²) in [4.78, 5) is 30.1. The minimum atomic E-state index is -0.933. The normalized spacial score (nSPS) is 13.7. The van der Waals surface area contributed by atoms with E-state index in [4.69, 9.17) is 13.9 Å². The number of carboxylic acid groups (broad SMARTS) is 1. The van der Waals surface area contributed by atoms with Crippen LogP contribution in [0.2, 0.25) is 0 Å². The number of carbonyl (C=O) groups is 2. The van der Waals surface area contributed by atoms with E-state index >= 15 is 0 Å². The van der Waals surface area contributed by atoms with Crippen LogP contribution in [0.3, 0.4) is 0 Å². The molecule has 194 valence electrons. The Morgan fingerprint density at radius 3 is 2.38 bits per heavy atom. The van der Waals surface area contributed by atoms with Crippen LogP contribution in [0.1, 0.15) is 44.2 Å². The van der Waals surface area contributed by atoms with Crippen molar-refractivity contribution in [3.63, 3.8) is 0 Å². The Morgan fingerprint density at radius 1 is 1.03 bits per heavy atom. The van der Waals surface area contributed by atoms with Crippen molar-refractivity contribution in [3.8, 4) is 17.2 Å². The Balaban J connectivity index is 1.39. The molecule has 8 heteroatoms. The summed E-state index contributed by atoms with van der Waals surface area (Å²) in [6.07, 6.45) is 0.0151. The number of carboxylic acids is 1. The molecule has 3 aromatic rings. The van der Waals surface area contributed by atoms with Crippen LogP contribution in [0.15, 0.2) is 64.6 Å². The highest BCUT2D eigenvalue weighted by atomic mass is 16.6. The molecule has 2 aromatic carbocycles. The first-order chi connectivity index (χ1) is 17.6. The number of amides is 1. The summed E-state index contributed by atoms with van der Waals surface area (Å²) in [5.41, 5.74) is 3.54. The molecule has 0 saturated carbocycles. The molecule has 0 unspecified atom stereocenters. The van der Waals surface area contributed by atoms with Crippen molar-refractivity contribution < 1.29 is 28.6 Å². The van der Waals surface area contributed by atoms with Crippen molar-refractivity contribution >= 4 is 17.6 Å². The highest BCUT2D eigenvalue weighted by Crippen LogP contribution is 2.31. The summed E-state index contributed by atoms with van der Waals surface area (Å²) < 4.78 is 17.2. The van der Waals surface area contributed by atoms with Gasteiger partial charge in [0, 0.05) is 25.1 Å². The maximum Gasteiger partial charge on any atom is 0.410 e. The molecule has 0 spiro atoms. The zero-order valence-corrected chi connectivity index (χ0v) is 21.6. The predicted molar refractivity (Wildman–Crippen MR) is 139 cm³/mol. The largest absolute Gasteiger partial charge is 0.493 e. The van der Waals surface area contributed by atoms with E-state index in [0.717, 1.165) is 28.2 Å². The molecule has 1 aromatic heterocycles. The van der Waals surface area contributed by atoms with Gasteiger partial charge in [0.05, 0.1) is 18.7 Å². The first kappa shape index (κ1) is 26.0. The molecule has 1 amide bonds. The van der Waals surface area contributed by atoms with Gasteiger partial charge in [-0.25, -0.2) is 9.78 Å². The number of ether oxygens (including phenoxy) is 2. The van der Waals surface area contributed by atoms with Crippen LogP contribution in [0, 0.1) is 6.92 Å². The van der Waals surface area contributed by atoms with Gasteiger partial charge in [-0.2, -0.15) is 0 Å². The Bertz CT molecular complexity index is 1290. The van der Waals surface area contributed by atoms with Crippen molar-refractivity contribution in [1.82, 2.24) is 9.88 Å². The number of aliphatic carboxylic acids is 1. The average Bonchev–Trinajstić information content (AvgIpc) is 3.42. The summed E-state index contributed by atoms with van der Waals surface area (Å²) in [7, 11) is 0. The number of hydrogen-bond acceptors (Lipinski definition) is 6.